The first-order valence-corrected chi connectivity index (χ1v) is 8.82. The number of benzene rings is 1. The van der Waals surface area contributed by atoms with E-state index in [1.165, 1.54) is 13.1 Å². The topological polar surface area (TPSA) is 73.1 Å². The predicted octanol–water partition coefficient (Wildman–Crippen LogP) is 3.66. The lowest BCUT2D eigenvalue weighted by Crippen LogP contribution is -2.07. The SMILES string of the molecule is COCC12CC1(n1cc3ncc(-c4c(C)cc(C(F)(F)F)cc4O)nc3n1)C2. The Hall–Kier alpha value is -2.68. The molecule has 9 heteroatoms. The van der Waals surface area contributed by atoms with E-state index in [0.717, 1.165) is 18.9 Å². The molecule has 2 heterocycles. The van der Waals surface area contributed by atoms with Crippen LogP contribution >= 0.6 is 0 Å². The smallest absolute Gasteiger partial charge is 0.416 e. The van der Waals surface area contributed by atoms with Gasteiger partial charge in [-0.1, -0.05) is 0 Å². The van der Waals surface area contributed by atoms with Crippen molar-refractivity contribution in [1.82, 2.24) is 19.7 Å². The molecule has 2 fully saturated rings. The molecule has 146 valence electrons. The van der Waals surface area contributed by atoms with Crippen LogP contribution in [0.1, 0.15) is 24.0 Å². The van der Waals surface area contributed by atoms with Gasteiger partial charge in [-0.25, -0.2) is 9.97 Å². The number of nitrogens with zero attached hydrogens (tertiary/aromatic N) is 4. The maximum Gasteiger partial charge on any atom is 0.416 e. The van der Waals surface area contributed by atoms with Gasteiger partial charge >= 0.3 is 6.18 Å². The summed E-state index contributed by atoms with van der Waals surface area (Å²) >= 11 is 0. The number of fused-ring (bicyclic) bond motifs is 2. The molecule has 5 rings (SSSR count). The zero-order chi connectivity index (χ0) is 19.9. The highest BCUT2D eigenvalue weighted by molar-refractivity contribution is 5.77. The van der Waals surface area contributed by atoms with Crippen molar-refractivity contribution in [2.75, 3.05) is 13.7 Å². The second kappa shape index (κ2) is 5.22. The second-order valence-electron chi connectivity index (χ2n) is 7.82. The fourth-order valence-corrected chi connectivity index (χ4v) is 4.30. The summed E-state index contributed by atoms with van der Waals surface area (Å²) < 4.78 is 46.0. The average molecular weight is 390 g/mol. The predicted molar refractivity (Wildman–Crippen MR) is 93.7 cm³/mol. The summed E-state index contributed by atoms with van der Waals surface area (Å²) in [7, 11) is 1.68. The van der Waals surface area contributed by atoms with Crippen LogP contribution in [-0.2, 0) is 16.5 Å². The number of ether oxygens (including phenoxy) is 1. The third kappa shape index (κ3) is 2.28. The van der Waals surface area contributed by atoms with Crippen molar-refractivity contribution in [2.45, 2.75) is 31.5 Å². The number of aromatic nitrogens is 4. The van der Waals surface area contributed by atoms with Crippen LogP contribution in [0.5, 0.6) is 5.75 Å². The van der Waals surface area contributed by atoms with E-state index >= 15 is 0 Å². The van der Waals surface area contributed by atoms with Gasteiger partial charge in [0.15, 0.2) is 5.65 Å². The van der Waals surface area contributed by atoms with Crippen LogP contribution in [0.25, 0.3) is 22.4 Å². The van der Waals surface area contributed by atoms with Crippen molar-refractivity contribution >= 4 is 11.2 Å². The Morgan fingerprint density at radius 3 is 2.68 bits per heavy atom. The van der Waals surface area contributed by atoms with Crippen LogP contribution in [0.2, 0.25) is 0 Å². The molecule has 1 N–H and O–H groups in total. The van der Waals surface area contributed by atoms with Gasteiger partial charge in [0, 0.05) is 18.1 Å². The Kier molecular flexibility index (Phi) is 3.25. The Morgan fingerprint density at radius 1 is 1.29 bits per heavy atom. The number of rotatable bonds is 4. The van der Waals surface area contributed by atoms with E-state index in [1.54, 1.807) is 7.11 Å². The first kappa shape index (κ1) is 17.4. The lowest BCUT2D eigenvalue weighted by molar-refractivity contribution is -0.137. The van der Waals surface area contributed by atoms with E-state index in [0.29, 0.717) is 23.8 Å². The van der Waals surface area contributed by atoms with Crippen molar-refractivity contribution in [1.29, 1.82) is 0 Å². The standard InChI is InChI=1S/C19H17F3N4O2/c1-10-3-11(19(20,21)22)4-14(27)15(10)12-5-23-13-6-26(25-16(13)24-12)18-7-17(18,8-18)9-28-2/h3-6,27H,7-9H2,1-2H3. The van der Waals surface area contributed by atoms with Crippen molar-refractivity contribution in [3.05, 3.63) is 35.7 Å². The first-order chi connectivity index (χ1) is 13.2. The van der Waals surface area contributed by atoms with E-state index in [2.05, 4.69) is 15.1 Å². The van der Waals surface area contributed by atoms with E-state index in [9.17, 15) is 18.3 Å². The van der Waals surface area contributed by atoms with Gasteiger partial charge in [-0.2, -0.15) is 18.3 Å². The van der Waals surface area contributed by atoms with Crippen LogP contribution in [0.3, 0.4) is 0 Å². The number of methoxy groups -OCH3 is 1. The molecule has 0 saturated heterocycles. The van der Waals surface area contributed by atoms with Crippen molar-refractivity contribution < 1.29 is 23.0 Å². The number of hydrogen-bond donors (Lipinski definition) is 1. The number of phenols is 1. The summed E-state index contributed by atoms with van der Waals surface area (Å²) in [6.45, 7) is 2.19. The van der Waals surface area contributed by atoms with Crippen molar-refractivity contribution in [3.63, 3.8) is 0 Å². The number of hydrogen-bond acceptors (Lipinski definition) is 5. The lowest BCUT2D eigenvalue weighted by Gasteiger charge is -2.12. The van der Waals surface area contributed by atoms with Gasteiger partial charge in [-0.3, -0.25) is 4.68 Å². The molecule has 1 aromatic carbocycles. The summed E-state index contributed by atoms with van der Waals surface area (Å²) in [5, 5.41) is 14.7. The van der Waals surface area contributed by atoms with Crippen LogP contribution < -0.4 is 0 Å². The minimum Gasteiger partial charge on any atom is -0.507 e. The van der Waals surface area contributed by atoms with Crippen LogP contribution in [0.15, 0.2) is 24.5 Å². The van der Waals surface area contributed by atoms with Crippen LogP contribution in [0, 0.1) is 12.3 Å². The molecule has 0 bridgehead atoms. The summed E-state index contributed by atoms with van der Waals surface area (Å²) in [5.74, 6) is -0.484. The Morgan fingerprint density at radius 2 is 2.04 bits per heavy atom. The monoisotopic (exact) mass is 390 g/mol. The van der Waals surface area contributed by atoms with E-state index in [-0.39, 0.29) is 27.8 Å². The van der Waals surface area contributed by atoms with Gasteiger partial charge in [0.2, 0.25) is 0 Å². The normalized spacial score (nSPS) is 25.8. The molecule has 0 spiro atoms. The molecular formula is C19H17F3N4O2. The van der Waals surface area contributed by atoms with Gasteiger partial charge in [0.1, 0.15) is 11.3 Å². The lowest BCUT2D eigenvalue weighted by atomic mass is 10.0. The number of alkyl halides is 3. The van der Waals surface area contributed by atoms with Crippen LogP contribution in [-0.4, -0.2) is 38.6 Å². The Labute approximate surface area is 158 Å². The minimum atomic E-state index is -4.53. The molecule has 0 amide bonds. The third-order valence-corrected chi connectivity index (χ3v) is 5.98. The number of aryl methyl sites for hydroxylation is 1. The van der Waals surface area contributed by atoms with Gasteiger partial charge in [-0.15, -0.1) is 0 Å². The fourth-order valence-electron chi connectivity index (χ4n) is 4.30. The Balaban J connectivity index is 1.53. The first-order valence-electron chi connectivity index (χ1n) is 8.82. The molecule has 2 aromatic heterocycles. The van der Waals surface area contributed by atoms with E-state index in [4.69, 9.17) is 4.74 Å². The van der Waals surface area contributed by atoms with Crippen molar-refractivity contribution in [3.8, 4) is 17.0 Å². The zero-order valence-electron chi connectivity index (χ0n) is 15.2. The van der Waals surface area contributed by atoms with Gasteiger partial charge < -0.3 is 9.84 Å². The molecule has 3 aromatic rings. The highest BCUT2D eigenvalue weighted by Crippen LogP contribution is 2.83. The molecular weight excluding hydrogens is 373 g/mol. The number of aromatic hydroxyl groups is 1. The van der Waals surface area contributed by atoms with Crippen molar-refractivity contribution in [2.24, 2.45) is 5.41 Å². The molecule has 0 radical (unpaired) electrons. The molecule has 0 aliphatic heterocycles. The molecule has 28 heavy (non-hydrogen) atoms. The number of phenolic OH excluding ortho intramolecular Hbond substituents is 1. The second-order valence-corrected chi connectivity index (χ2v) is 7.82. The summed E-state index contributed by atoms with van der Waals surface area (Å²) in [5.41, 5.74) is 1.02. The average Bonchev–Trinajstić information content (AvgIpc) is 3.33. The highest BCUT2D eigenvalue weighted by Gasteiger charge is 2.85. The van der Waals surface area contributed by atoms with Crippen LogP contribution in [0.4, 0.5) is 13.2 Å². The van der Waals surface area contributed by atoms with Gasteiger partial charge in [0.05, 0.1) is 35.8 Å². The summed E-state index contributed by atoms with van der Waals surface area (Å²) in [6, 6.07) is 1.70. The summed E-state index contributed by atoms with van der Waals surface area (Å²) in [6.07, 6.45) is 0.776. The summed E-state index contributed by atoms with van der Waals surface area (Å²) in [4.78, 5) is 8.79. The minimum absolute atomic E-state index is 0.0159. The maximum absolute atomic E-state index is 12.9. The fraction of sp³-hybridized carbons (Fsp3) is 0.421. The molecule has 0 atom stereocenters. The molecule has 6 nitrogen and oxygen atoms in total. The van der Waals surface area contributed by atoms with Gasteiger partial charge in [0.25, 0.3) is 0 Å². The largest absolute Gasteiger partial charge is 0.507 e. The number of halogens is 3. The molecule has 0 unspecified atom stereocenters. The van der Waals surface area contributed by atoms with E-state index in [1.807, 2.05) is 10.9 Å². The van der Waals surface area contributed by atoms with Gasteiger partial charge in [-0.05, 0) is 37.5 Å². The zero-order valence-corrected chi connectivity index (χ0v) is 15.2. The quantitative estimate of drug-likeness (QED) is 0.736. The molecule has 2 aliphatic carbocycles. The maximum atomic E-state index is 12.9. The third-order valence-electron chi connectivity index (χ3n) is 5.98. The highest BCUT2D eigenvalue weighted by atomic mass is 19.4. The van der Waals surface area contributed by atoms with E-state index < -0.39 is 17.5 Å². The molecule has 2 saturated carbocycles. The Bertz CT molecular complexity index is 1090. The molecule has 2 aliphatic rings.